The van der Waals surface area contributed by atoms with Crippen LogP contribution >= 0.6 is 0 Å². The summed E-state index contributed by atoms with van der Waals surface area (Å²) in [4.78, 5) is 16.5. The Morgan fingerprint density at radius 2 is 1.73 bits per heavy atom. The van der Waals surface area contributed by atoms with Gasteiger partial charge in [0.15, 0.2) is 11.5 Å². The summed E-state index contributed by atoms with van der Waals surface area (Å²) < 4.78 is 10.7. The first-order chi connectivity index (χ1) is 12.5. The zero-order valence-corrected chi connectivity index (χ0v) is 15.9. The fourth-order valence-corrected chi connectivity index (χ4v) is 3.37. The molecule has 26 heavy (non-hydrogen) atoms. The zero-order chi connectivity index (χ0) is 18.7. The molecule has 2 aromatic carbocycles. The molecule has 1 heterocycles. The largest absolute Gasteiger partial charge is 0.493 e. The predicted octanol–water partition coefficient (Wildman–Crippen LogP) is 3.29. The number of benzene rings is 2. The maximum atomic E-state index is 12.5. The Kier molecular flexibility index (Phi) is 5.35. The monoisotopic (exact) mass is 354 g/mol. The van der Waals surface area contributed by atoms with Crippen molar-refractivity contribution >= 4 is 11.6 Å². The molecule has 5 heteroatoms. The van der Waals surface area contributed by atoms with Gasteiger partial charge >= 0.3 is 0 Å². The van der Waals surface area contributed by atoms with Gasteiger partial charge in [0.25, 0.3) is 0 Å². The summed E-state index contributed by atoms with van der Waals surface area (Å²) in [5, 5.41) is 0. The Morgan fingerprint density at radius 1 is 1.04 bits per heavy atom. The van der Waals surface area contributed by atoms with Crippen LogP contribution in [-0.4, -0.2) is 45.7 Å². The van der Waals surface area contributed by atoms with Gasteiger partial charge in [-0.3, -0.25) is 4.79 Å². The maximum absolute atomic E-state index is 12.5. The van der Waals surface area contributed by atoms with E-state index < -0.39 is 0 Å². The van der Waals surface area contributed by atoms with Gasteiger partial charge in [0.05, 0.1) is 14.2 Å². The minimum absolute atomic E-state index is 0.184. The molecule has 1 saturated heterocycles. The molecule has 1 atom stereocenters. The molecule has 2 aromatic rings. The normalized spacial score (nSPS) is 16.7. The number of methoxy groups -OCH3 is 2. The molecule has 1 aliphatic rings. The molecule has 1 fully saturated rings. The minimum atomic E-state index is 0.184. The zero-order valence-electron chi connectivity index (χ0n) is 15.9. The van der Waals surface area contributed by atoms with E-state index in [4.69, 9.17) is 9.47 Å². The molecule has 0 spiro atoms. The van der Waals surface area contributed by atoms with Gasteiger partial charge in [-0.1, -0.05) is 18.2 Å². The van der Waals surface area contributed by atoms with Crippen molar-refractivity contribution in [2.45, 2.75) is 18.9 Å². The van der Waals surface area contributed by atoms with E-state index in [1.807, 2.05) is 37.2 Å². The van der Waals surface area contributed by atoms with Crippen LogP contribution in [0.2, 0.25) is 0 Å². The second-order valence-electron chi connectivity index (χ2n) is 6.85. The van der Waals surface area contributed by atoms with E-state index in [0.29, 0.717) is 24.5 Å². The van der Waals surface area contributed by atoms with Gasteiger partial charge in [-0.25, -0.2) is 0 Å². The number of ether oxygens (including phenoxy) is 2. The molecular formula is C21H26N2O3. The Morgan fingerprint density at radius 3 is 2.35 bits per heavy atom. The number of nitrogens with zero attached hydrogens (tertiary/aromatic N) is 2. The van der Waals surface area contributed by atoms with Gasteiger partial charge in [-0.05, 0) is 35.4 Å². The van der Waals surface area contributed by atoms with E-state index in [2.05, 4.69) is 29.2 Å². The first-order valence-corrected chi connectivity index (χ1v) is 8.77. The molecular weight excluding hydrogens is 328 g/mol. The van der Waals surface area contributed by atoms with Crippen LogP contribution in [0.1, 0.15) is 23.5 Å². The van der Waals surface area contributed by atoms with Gasteiger partial charge in [0, 0.05) is 45.2 Å². The lowest BCUT2D eigenvalue weighted by Crippen LogP contribution is -2.24. The van der Waals surface area contributed by atoms with Crippen LogP contribution in [0.3, 0.4) is 0 Å². The SMILES string of the molecule is COc1ccc(C2CC(=O)N(Cc3ccc(N(C)C)cc3)C2)cc1OC. The molecule has 0 N–H and O–H groups in total. The van der Waals surface area contributed by atoms with Crippen LogP contribution < -0.4 is 14.4 Å². The van der Waals surface area contributed by atoms with Crippen molar-refractivity contribution in [3.63, 3.8) is 0 Å². The number of rotatable bonds is 6. The van der Waals surface area contributed by atoms with Gasteiger partial charge in [-0.15, -0.1) is 0 Å². The Hall–Kier alpha value is -2.69. The highest BCUT2D eigenvalue weighted by Gasteiger charge is 2.31. The van der Waals surface area contributed by atoms with Crippen LogP contribution in [0, 0.1) is 0 Å². The van der Waals surface area contributed by atoms with Crippen molar-refractivity contribution in [1.82, 2.24) is 4.90 Å². The fourth-order valence-electron chi connectivity index (χ4n) is 3.37. The molecule has 3 rings (SSSR count). The Labute approximate surface area is 155 Å². The van der Waals surface area contributed by atoms with Crippen LogP contribution in [0.15, 0.2) is 42.5 Å². The number of hydrogen-bond acceptors (Lipinski definition) is 4. The van der Waals surface area contributed by atoms with E-state index in [1.54, 1.807) is 14.2 Å². The molecule has 5 nitrogen and oxygen atoms in total. The molecule has 0 radical (unpaired) electrons. The average molecular weight is 354 g/mol. The average Bonchev–Trinajstić information content (AvgIpc) is 3.02. The Bertz CT molecular complexity index is 771. The van der Waals surface area contributed by atoms with Crippen LogP contribution in [0.5, 0.6) is 11.5 Å². The van der Waals surface area contributed by atoms with Crippen molar-refractivity contribution in [2.75, 3.05) is 39.8 Å². The summed E-state index contributed by atoms with van der Waals surface area (Å²) in [7, 11) is 7.30. The third-order valence-electron chi connectivity index (χ3n) is 4.92. The van der Waals surface area contributed by atoms with Crippen LogP contribution in [-0.2, 0) is 11.3 Å². The van der Waals surface area contributed by atoms with E-state index in [0.717, 1.165) is 23.4 Å². The highest BCUT2D eigenvalue weighted by atomic mass is 16.5. The van der Waals surface area contributed by atoms with E-state index in [1.165, 1.54) is 0 Å². The topological polar surface area (TPSA) is 42.0 Å². The number of likely N-dealkylation sites (tertiary alicyclic amines) is 1. The second kappa shape index (κ2) is 7.68. The molecule has 0 aromatic heterocycles. The number of carbonyl (C=O) groups excluding carboxylic acids is 1. The standard InChI is InChI=1S/C21H26N2O3/c1-22(2)18-8-5-15(6-9-18)13-23-14-17(12-21(23)24)16-7-10-19(25-3)20(11-16)26-4/h5-11,17H,12-14H2,1-4H3. The minimum Gasteiger partial charge on any atom is -0.493 e. The first-order valence-electron chi connectivity index (χ1n) is 8.77. The van der Waals surface area contributed by atoms with Gasteiger partial charge in [-0.2, -0.15) is 0 Å². The van der Waals surface area contributed by atoms with Crippen molar-refractivity contribution in [3.8, 4) is 11.5 Å². The third kappa shape index (κ3) is 3.77. The number of anilines is 1. The number of hydrogen-bond donors (Lipinski definition) is 0. The lowest BCUT2D eigenvalue weighted by Gasteiger charge is -2.18. The maximum Gasteiger partial charge on any atom is 0.223 e. The van der Waals surface area contributed by atoms with Gasteiger partial charge < -0.3 is 19.3 Å². The number of amides is 1. The molecule has 1 aliphatic heterocycles. The molecule has 1 unspecified atom stereocenters. The number of carbonyl (C=O) groups is 1. The second-order valence-corrected chi connectivity index (χ2v) is 6.85. The first kappa shape index (κ1) is 18.1. The van der Waals surface area contributed by atoms with Crippen LogP contribution in [0.4, 0.5) is 5.69 Å². The lowest BCUT2D eigenvalue weighted by atomic mass is 9.98. The van der Waals surface area contributed by atoms with Crippen molar-refractivity contribution in [2.24, 2.45) is 0 Å². The lowest BCUT2D eigenvalue weighted by molar-refractivity contribution is -0.128. The Balaban J connectivity index is 1.70. The molecule has 0 bridgehead atoms. The summed E-state index contributed by atoms with van der Waals surface area (Å²) in [5.74, 6) is 1.79. The summed E-state index contributed by atoms with van der Waals surface area (Å²) in [6.45, 7) is 1.38. The summed E-state index contributed by atoms with van der Waals surface area (Å²) >= 11 is 0. The van der Waals surface area contributed by atoms with E-state index >= 15 is 0 Å². The quantitative estimate of drug-likeness (QED) is 0.798. The molecule has 138 valence electrons. The van der Waals surface area contributed by atoms with Crippen LogP contribution in [0.25, 0.3) is 0 Å². The van der Waals surface area contributed by atoms with Crippen molar-refractivity contribution in [3.05, 3.63) is 53.6 Å². The molecule has 1 amide bonds. The molecule has 0 saturated carbocycles. The van der Waals surface area contributed by atoms with E-state index in [9.17, 15) is 4.79 Å². The fraction of sp³-hybridized carbons (Fsp3) is 0.381. The third-order valence-corrected chi connectivity index (χ3v) is 4.92. The van der Waals surface area contributed by atoms with Gasteiger partial charge in [0.2, 0.25) is 5.91 Å². The highest BCUT2D eigenvalue weighted by molar-refractivity contribution is 5.80. The summed E-state index contributed by atoms with van der Waals surface area (Å²) in [6, 6.07) is 14.3. The van der Waals surface area contributed by atoms with Gasteiger partial charge in [0.1, 0.15) is 0 Å². The summed E-state index contributed by atoms with van der Waals surface area (Å²) in [5.41, 5.74) is 3.42. The van der Waals surface area contributed by atoms with E-state index in [-0.39, 0.29) is 11.8 Å². The van der Waals surface area contributed by atoms with Crippen molar-refractivity contribution < 1.29 is 14.3 Å². The summed E-state index contributed by atoms with van der Waals surface area (Å²) in [6.07, 6.45) is 0.533. The predicted molar refractivity (Wildman–Crippen MR) is 103 cm³/mol. The molecule has 0 aliphatic carbocycles. The smallest absolute Gasteiger partial charge is 0.223 e. The van der Waals surface area contributed by atoms with Crippen molar-refractivity contribution in [1.29, 1.82) is 0 Å². The highest BCUT2D eigenvalue weighted by Crippen LogP contribution is 2.35.